The summed E-state index contributed by atoms with van der Waals surface area (Å²) in [5, 5.41) is 7.96. The maximum atomic E-state index is 4.65. The van der Waals surface area contributed by atoms with Crippen molar-refractivity contribution in [1.82, 2.24) is 24.6 Å². The van der Waals surface area contributed by atoms with Gasteiger partial charge in [0.1, 0.15) is 5.82 Å². The summed E-state index contributed by atoms with van der Waals surface area (Å²) in [5.41, 5.74) is 1.10. The topological polar surface area (TPSA) is 47.7 Å². The molecule has 0 aliphatic heterocycles. The van der Waals surface area contributed by atoms with E-state index in [1.165, 1.54) is 0 Å². The smallest absolute Gasteiger partial charge is 0.125 e. The van der Waals surface area contributed by atoms with Gasteiger partial charge >= 0.3 is 0 Å². The van der Waals surface area contributed by atoms with E-state index in [9.17, 15) is 0 Å². The summed E-state index contributed by atoms with van der Waals surface area (Å²) in [6.45, 7) is 4.36. The summed E-state index contributed by atoms with van der Waals surface area (Å²) in [5.74, 6) is 1.04. The number of hydrogen-bond donors (Lipinski definition) is 1. The van der Waals surface area contributed by atoms with Crippen LogP contribution in [0.5, 0.6) is 0 Å². The van der Waals surface area contributed by atoms with Gasteiger partial charge in [0.2, 0.25) is 0 Å². The molecule has 5 nitrogen and oxygen atoms in total. The second-order valence-electron chi connectivity index (χ2n) is 4.99. The first-order valence-electron chi connectivity index (χ1n) is 6.84. The molecule has 2 unspecified atom stereocenters. The number of imidazole rings is 1. The lowest BCUT2D eigenvalue weighted by atomic mass is 10.1. The fourth-order valence-electron chi connectivity index (χ4n) is 2.16. The first-order valence-corrected chi connectivity index (χ1v) is 6.84. The average Bonchev–Trinajstić information content (AvgIpc) is 3.04. The molecular formula is C14H23N5. The van der Waals surface area contributed by atoms with Crippen LogP contribution in [0.3, 0.4) is 0 Å². The minimum absolute atomic E-state index is 0.195. The summed E-state index contributed by atoms with van der Waals surface area (Å²) >= 11 is 0. The van der Waals surface area contributed by atoms with Gasteiger partial charge in [0, 0.05) is 38.1 Å². The molecule has 0 saturated heterocycles. The molecule has 0 aliphatic carbocycles. The van der Waals surface area contributed by atoms with Crippen LogP contribution < -0.4 is 5.32 Å². The van der Waals surface area contributed by atoms with E-state index in [4.69, 9.17) is 0 Å². The van der Waals surface area contributed by atoms with Crippen molar-refractivity contribution in [2.45, 2.75) is 38.8 Å². The Morgan fingerprint density at radius 1 is 1.37 bits per heavy atom. The number of aryl methyl sites for hydroxylation is 1. The molecular weight excluding hydrogens is 238 g/mol. The van der Waals surface area contributed by atoms with Gasteiger partial charge in [-0.3, -0.25) is 4.68 Å². The number of rotatable bonds is 6. The zero-order valence-electron chi connectivity index (χ0n) is 12.2. The molecule has 0 saturated carbocycles. The van der Waals surface area contributed by atoms with Gasteiger partial charge in [-0.15, -0.1) is 0 Å². The molecule has 2 rings (SSSR count). The Hall–Kier alpha value is -1.62. The van der Waals surface area contributed by atoms with Crippen LogP contribution in [0.4, 0.5) is 0 Å². The van der Waals surface area contributed by atoms with Crippen LogP contribution in [0.25, 0.3) is 0 Å². The van der Waals surface area contributed by atoms with E-state index >= 15 is 0 Å². The van der Waals surface area contributed by atoms with E-state index in [2.05, 4.69) is 41.5 Å². The Labute approximate surface area is 114 Å². The minimum Gasteiger partial charge on any atom is -0.337 e. The van der Waals surface area contributed by atoms with Gasteiger partial charge in [0.15, 0.2) is 0 Å². The Morgan fingerprint density at radius 3 is 2.74 bits per heavy atom. The van der Waals surface area contributed by atoms with Crippen LogP contribution in [-0.2, 0) is 13.5 Å². The predicted octanol–water partition coefficient (Wildman–Crippen LogP) is 2.09. The first kappa shape index (κ1) is 13.8. The predicted molar refractivity (Wildman–Crippen MR) is 75.9 cm³/mol. The van der Waals surface area contributed by atoms with Gasteiger partial charge in [-0.2, -0.15) is 5.10 Å². The van der Waals surface area contributed by atoms with Crippen LogP contribution in [-0.4, -0.2) is 26.4 Å². The van der Waals surface area contributed by atoms with Crippen molar-refractivity contribution in [2.24, 2.45) is 7.05 Å². The fourth-order valence-corrected chi connectivity index (χ4v) is 2.16. The van der Waals surface area contributed by atoms with Gasteiger partial charge in [0.05, 0.1) is 11.7 Å². The Balaban J connectivity index is 2.11. The Kier molecular flexibility index (Phi) is 4.37. The molecule has 104 valence electrons. The average molecular weight is 261 g/mol. The lowest BCUT2D eigenvalue weighted by Crippen LogP contribution is -2.22. The SMILES string of the molecule is CCC(C)n1ccc(CC(NC)c2nccn2C)n1. The van der Waals surface area contributed by atoms with Crippen molar-refractivity contribution in [3.05, 3.63) is 36.2 Å². The van der Waals surface area contributed by atoms with E-state index < -0.39 is 0 Å². The molecule has 0 spiro atoms. The molecule has 5 heteroatoms. The summed E-state index contributed by atoms with van der Waals surface area (Å²) in [6, 6.07) is 2.75. The lowest BCUT2D eigenvalue weighted by Gasteiger charge is -2.15. The second-order valence-corrected chi connectivity index (χ2v) is 4.99. The summed E-state index contributed by atoms with van der Waals surface area (Å²) in [4.78, 5) is 4.41. The Bertz CT molecular complexity index is 513. The monoisotopic (exact) mass is 261 g/mol. The van der Waals surface area contributed by atoms with Crippen LogP contribution in [0.2, 0.25) is 0 Å². The zero-order valence-corrected chi connectivity index (χ0v) is 12.2. The third-order valence-electron chi connectivity index (χ3n) is 3.64. The number of nitrogens with zero attached hydrogens (tertiary/aromatic N) is 4. The third kappa shape index (κ3) is 3.04. The highest BCUT2D eigenvalue weighted by atomic mass is 15.3. The maximum absolute atomic E-state index is 4.65. The summed E-state index contributed by atoms with van der Waals surface area (Å²) in [6.07, 6.45) is 7.81. The second kappa shape index (κ2) is 6.02. The molecule has 2 atom stereocenters. The molecule has 0 aliphatic rings. The Morgan fingerprint density at radius 2 is 2.16 bits per heavy atom. The highest BCUT2D eigenvalue weighted by Gasteiger charge is 2.16. The molecule has 2 aromatic heterocycles. The normalized spacial score (nSPS) is 14.5. The van der Waals surface area contributed by atoms with Gasteiger partial charge < -0.3 is 9.88 Å². The quantitative estimate of drug-likeness (QED) is 0.866. The van der Waals surface area contributed by atoms with E-state index in [0.717, 1.165) is 24.4 Å². The highest BCUT2D eigenvalue weighted by molar-refractivity contribution is 5.07. The van der Waals surface area contributed by atoms with E-state index in [1.807, 2.05) is 35.7 Å². The molecule has 0 aromatic carbocycles. The molecule has 0 fully saturated rings. The molecule has 2 heterocycles. The van der Waals surface area contributed by atoms with Crippen LogP contribution in [0.1, 0.15) is 43.9 Å². The maximum Gasteiger partial charge on any atom is 0.125 e. The van der Waals surface area contributed by atoms with Gasteiger partial charge in [-0.1, -0.05) is 6.92 Å². The third-order valence-corrected chi connectivity index (χ3v) is 3.64. The van der Waals surface area contributed by atoms with Crippen molar-refractivity contribution >= 4 is 0 Å². The van der Waals surface area contributed by atoms with Crippen LogP contribution in [0.15, 0.2) is 24.7 Å². The number of hydrogen-bond acceptors (Lipinski definition) is 3. The van der Waals surface area contributed by atoms with Crippen molar-refractivity contribution in [2.75, 3.05) is 7.05 Å². The lowest BCUT2D eigenvalue weighted by molar-refractivity contribution is 0.466. The van der Waals surface area contributed by atoms with Crippen molar-refractivity contribution in [1.29, 1.82) is 0 Å². The largest absolute Gasteiger partial charge is 0.337 e. The summed E-state index contributed by atoms with van der Waals surface area (Å²) < 4.78 is 4.09. The van der Waals surface area contributed by atoms with Crippen molar-refractivity contribution in [3.63, 3.8) is 0 Å². The first-order chi connectivity index (χ1) is 9.15. The number of aromatic nitrogens is 4. The molecule has 0 radical (unpaired) electrons. The van der Waals surface area contributed by atoms with E-state index in [0.29, 0.717) is 6.04 Å². The zero-order chi connectivity index (χ0) is 13.8. The van der Waals surface area contributed by atoms with Gasteiger partial charge in [-0.05, 0) is 26.5 Å². The van der Waals surface area contributed by atoms with Crippen molar-refractivity contribution in [3.8, 4) is 0 Å². The molecule has 19 heavy (non-hydrogen) atoms. The molecule has 0 bridgehead atoms. The van der Waals surface area contributed by atoms with E-state index in [-0.39, 0.29) is 6.04 Å². The molecule has 1 N–H and O–H groups in total. The highest BCUT2D eigenvalue weighted by Crippen LogP contribution is 2.16. The molecule has 0 amide bonds. The van der Waals surface area contributed by atoms with Gasteiger partial charge in [-0.25, -0.2) is 4.98 Å². The van der Waals surface area contributed by atoms with E-state index in [1.54, 1.807) is 0 Å². The number of nitrogens with one attached hydrogen (secondary N) is 1. The minimum atomic E-state index is 0.195. The number of likely N-dealkylation sites (N-methyl/N-ethyl adjacent to an activating group) is 1. The summed E-state index contributed by atoms with van der Waals surface area (Å²) in [7, 11) is 3.98. The fraction of sp³-hybridized carbons (Fsp3) is 0.571. The van der Waals surface area contributed by atoms with Crippen molar-refractivity contribution < 1.29 is 0 Å². The van der Waals surface area contributed by atoms with Gasteiger partial charge in [0.25, 0.3) is 0 Å². The van der Waals surface area contributed by atoms with Crippen LogP contribution >= 0.6 is 0 Å². The standard InChI is InChI=1S/C14H23N5/c1-5-11(2)19-8-6-12(17-19)10-13(15-3)14-16-7-9-18(14)4/h6-9,11,13,15H,5,10H2,1-4H3. The van der Waals surface area contributed by atoms with Crippen LogP contribution in [0, 0.1) is 0 Å². The molecule has 2 aromatic rings.